The molecule has 0 spiro atoms. The zero-order valence-electron chi connectivity index (χ0n) is 11.3. The average Bonchev–Trinajstić information content (AvgIpc) is 2.42. The second-order valence-corrected chi connectivity index (χ2v) is 8.73. The molecular formula is C14H14I3NO3. The first-order valence-corrected chi connectivity index (χ1v) is 9.71. The molecule has 7 heteroatoms. The molecule has 1 atom stereocenters. The Kier molecular flexibility index (Phi) is 5.77. The molecule has 0 aromatic heterocycles. The highest BCUT2D eigenvalue weighted by atomic mass is 127. The number of carbonyl (C=O) groups excluding carboxylic acids is 1. The molecule has 4 nitrogen and oxygen atoms in total. The number of aliphatic carboxylic acids is 1. The lowest BCUT2D eigenvalue weighted by molar-refractivity contribution is -0.150. The summed E-state index contributed by atoms with van der Waals surface area (Å²) in [6.45, 7) is 2.15. The van der Waals surface area contributed by atoms with Gasteiger partial charge in [-0.1, -0.05) is 0 Å². The summed E-state index contributed by atoms with van der Waals surface area (Å²) in [5.41, 5.74) is -0.508. The summed E-state index contributed by atoms with van der Waals surface area (Å²) in [5, 5.41) is 9.54. The van der Waals surface area contributed by atoms with Crippen molar-refractivity contribution in [3.8, 4) is 0 Å². The molecule has 1 heterocycles. The van der Waals surface area contributed by atoms with Crippen molar-refractivity contribution >= 4 is 79.6 Å². The van der Waals surface area contributed by atoms with E-state index in [1.807, 2.05) is 12.1 Å². The number of hydrogen-bond acceptors (Lipinski definition) is 2. The van der Waals surface area contributed by atoms with Gasteiger partial charge in [-0.3, -0.25) is 4.79 Å². The molecule has 1 N–H and O–H groups in total. The number of rotatable bonds is 2. The molecule has 1 saturated heterocycles. The van der Waals surface area contributed by atoms with Gasteiger partial charge in [-0.25, -0.2) is 4.79 Å². The SMILES string of the molecule is CC1(C(=O)O)CCCCN1C(=O)c1cc(I)cc(I)c1I. The van der Waals surface area contributed by atoms with Crippen LogP contribution < -0.4 is 0 Å². The standard InChI is InChI=1S/C14H14I3NO3/c1-14(13(20)21)4-2-3-5-18(14)12(19)9-6-8(15)7-10(16)11(9)17/h6-7H,2-5H2,1H3,(H,20,21). The number of amides is 1. The predicted octanol–water partition coefficient (Wildman–Crippen LogP) is 3.97. The molecule has 1 aromatic carbocycles. The smallest absolute Gasteiger partial charge is 0.329 e. The van der Waals surface area contributed by atoms with Crippen LogP contribution in [-0.4, -0.2) is 34.0 Å². The van der Waals surface area contributed by atoms with Crippen molar-refractivity contribution in [3.05, 3.63) is 28.4 Å². The lowest BCUT2D eigenvalue weighted by atomic mass is 9.88. The molecular weight excluding hydrogens is 611 g/mol. The molecule has 21 heavy (non-hydrogen) atoms. The highest BCUT2D eigenvalue weighted by molar-refractivity contribution is 14.1. The van der Waals surface area contributed by atoms with E-state index >= 15 is 0 Å². The van der Waals surface area contributed by atoms with E-state index < -0.39 is 11.5 Å². The van der Waals surface area contributed by atoms with E-state index in [9.17, 15) is 14.7 Å². The van der Waals surface area contributed by atoms with E-state index in [1.54, 1.807) is 6.92 Å². The summed E-state index contributed by atoms with van der Waals surface area (Å²) >= 11 is 6.54. The van der Waals surface area contributed by atoms with Crippen LogP contribution in [0.25, 0.3) is 0 Å². The van der Waals surface area contributed by atoms with Gasteiger partial charge in [0.2, 0.25) is 0 Å². The Morgan fingerprint density at radius 3 is 2.52 bits per heavy atom. The number of piperidine rings is 1. The van der Waals surface area contributed by atoms with Crippen LogP contribution in [-0.2, 0) is 4.79 Å². The molecule has 0 bridgehead atoms. The van der Waals surface area contributed by atoms with Crippen LogP contribution >= 0.6 is 67.8 Å². The van der Waals surface area contributed by atoms with E-state index in [0.29, 0.717) is 18.5 Å². The minimum atomic E-state index is -1.11. The van der Waals surface area contributed by atoms with Crippen LogP contribution in [0.4, 0.5) is 0 Å². The third-order valence-electron chi connectivity index (χ3n) is 3.82. The van der Waals surface area contributed by atoms with E-state index in [4.69, 9.17) is 0 Å². The fraction of sp³-hybridized carbons (Fsp3) is 0.429. The van der Waals surface area contributed by atoms with Gasteiger partial charge in [-0.05, 0) is 106 Å². The normalized spacial score (nSPS) is 22.2. The second kappa shape index (κ2) is 6.85. The van der Waals surface area contributed by atoms with Crippen molar-refractivity contribution in [2.45, 2.75) is 31.7 Å². The number of halogens is 3. The number of nitrogens with zero attached hydrogens (tertiary/aromatic N) is 1. The van der Waals surface area contributed by atoms with Crippen LogP contribution in [0.1, 0.15) is 36.5 Å². The van der Waals surface area contributed by atoms with E-state index in [-0.39, 0.29) is 5.91 Å². The Morgan fingerprint density at radius 2 is 1.90 bits per heavy atom. The number of benzene rings is 1. The van der Waals surface area contributed by atoms with Gasteiger partial charge in [0.25, 0.3) is 5.91 Å². The number of carboxylic acid groups (broad SMARTS) is 1. The summed E-state index contributed by atoms with van der Waals surface area (Å²) in [6.07, 6.45) is 2.20. The lowest BCUT2D eigenvalue weighted by Gasteiger charge is -2.41. The van der Waals surface area contributed by atoms with Gasteiger partial charge < -0.3 is 10.0 Å². The third kappa shape index (κ3) is 3.48. The van der Waals surface area contributed by atoms with E-state index in [2.05, 4.69) is 67.8 Å². The highest BCUT2D eigenvalue weighted by Crippen LogP contribution is 2.32. The first-order chi connectivity index (χ1) is 9.77. The van der Waals surface area contributed by atoms with Gasteiger partial charge in [0, 0.05) is 17.3 Å². The van der Waals surface area contributed by atoms with Crippen molar-refractivity contribution in [1.29, 1.82) is 0 Å². The Hall–Kier alpha value is 0.350. The van der Waals surface area contributed by atoms with E-state index in [1.165, 1.54) is 4.90 Å². The van der Waals surface area contributed by atoms with Crippen molar-refractivity contribution in [2.24, 2.45) is 0 Å². The minimum Gasteiger partial charge on any atom is -0.480 e. The molecule has 0 saturated carbocycles. The highest BCUT2D eigenvalue weighted by Gasteiger charge is 2.44. The van der Waals surface area contributed by atoms with Crippen LogP contribution in [0, 0.1) is 10.7 Å². The summed E-state index contributed by atoms with van der Waals surface area (Å²) < 4.78 is 2.88. The molecule has 1 aliphatic rings. The van der Waals surface area contributed by atoms with Gasteiger partial charge in [-0.15, -0.1) is 0 Å². The minimum absolute atomic E-state index is 0.180. The Labute approximate surface area is 164 Å². The van der Waals surface area contributed by atoms with Crippen molar-refractivity contribution < 1.29 is 14.7 Å². The summed E-state index contributed by atoms with van der Waals surface area (Å²) in [6, 6.07) is 3.84. The van der Waals surface area contributed by atoms with Crippen LogP contribution in [0.5, 0.6) is 0 Å². The van der Waals surface area contributed by atoms with Crippen LogP contribution in [0.15, 0.2) is 12.1 Å². The quantitative estimate of drug-likeness (QED) is 0.401. The number of carboxylic acids is 1. The second-order valence-electron chi connectivity index (χ2n) is 5.24. The van der Waals surface area contributed by atoms with Crippen molar-refractivity contribution in [2.75, 3.05) is 6.54 Å². The zero-order valence-corrected chi connectivity index (χ0v) is 17.8. The molecule has 114 valence electrons. The first kappa shape index (κ1) is 17.7. The lowest BCUT2D eigenvalue weighted by Crippen LogP contribution is -2.57. The molecule has 1 amide bonds. The zero-order chi connectivity index (χ0) is 15.8. The summed E-state index contributed by atoms with van der Waals surface area (Å²) in [7, 11) is 0. The fourth-order valence-electron chi connectivity index (χ4n) is 2.53. The van der Waals surface area contributed by atoms with Crippen LogP contribution in [0.2, 0.25) is 0 Å². The van der Waals surface area contributed by atoms with Gasteiger partial charge in [-0.2, -0.15) is 0 Å². The molecule has 1 aliphatic heterocycles. The number of hydrogen-bond donors (Lipinski definition) is 1. The Morgan fingerprint density at radius 1 is 1.24 bits per heavy atom. The van der Waals surface area contributed by atoms with Crippen molar-refractivity contribution in [1.82, 2.24) is 4.90 Å². The molecule has 1 unspecified atom stereocenters. The van der Waals surface area contributed by atoms with Gasteiger partial charge in [0.05, 0.1) is 5.56 Å². The average molecular weight is 625 g/mol. The van der Waals surface area contributed by atoms with Gasteiger partial charge in [0.1, 0.15) is 5.54 Å². The number of likely N-dealkylation sites (tertiary alicyclic amines) is 1. The summed E-state index contributed by atoms with van der Waals surface area (Å²) in [5.74, 6) is -1.11. The Bertz CT molecular complexity index is 605. The largest absolute Gasteiger partial charge is 0.480 e. The maximum atomic E-state index is 12.9. The molecule has 2 rings (SSSR count). The van der Waals surface area contributed by atoms with Gasteiger partial charge in [0.15, 0.2) is 0 Å². The molecule has 1 fully saturated rings. The van der Waals surface area contributed by atoms with E-state index in [0.717, 1.165) is 23.6 Å². The maximum Gasteiger partial charge on any atom is 0.329 e. The fourth-order valence-corrected chi connectivity index (χ4v) is 4.91. The molecule has 0 aliphatic carbocycles. The number of carbonyl (C=O) groups is 2. The Balaban J connectivity index is 2.45. The van der Waals surface area contributed by atoms with Gasteiger partial charge >= 0.3 is 5.97 Å². The monoisotopic (exact) mass is 625 g/mol. The molecule has 1 aromatic rings. The molecule has 0 radical (unpaired) electrons. The topological polar surface area (TPSA) is 57.6 Å². The maximum absolute atomic E-state index is 12.9. The predicted molar refractivity (Wildman–Crippen MR) is 106 cm³/mol. The third-order valence-corrected chi connectivity index (χ3v) is 7.49. The van der Waals surface area contributed by atoms with Crippen molar-refractivity contribution in [3.63, 3.8) is 0 Å². The summed E-state index contributed by atoms with van der Waals surface area (Å²) in [4.78, 5) is 26.1. The first-order valence-electron chi connectivity index (χ1n) is 6.47. The van der Waals surface area contributed by atoms with Crippen LogP contribution in [0.3, 0.4) is 0 Å².